The molecule has 0 bridgehead atoms. The molecule has 1 N–H and O–H groups in total. The first-order valence-corrected chi connectivity index (χ1v) is 7.21. The summed E-state index contributed by atoms with van der Waals surface area (Å²) in [5, 5.41) is 3.16. The van der Waals surface area contributed by atoms with Gasteiger partial charge in [0, 0.05) is 24.9 Å². The average molecular weight is 303 g/mol. The number of nitrogens with one attached hydrogen (secondary N) is 1. The summed E-state index contributed by atoms with van der Waals surface area (Å²) in [6.07, 6.45) is -3.26. The van der Waals surface area contributed by atoms with Gasteiger partial charge in [0.2, 0.25) is 0 Å². The quantitative estimate of drug-likeness (QED) is 0.813. The first kappa shape index (κ1) is 15.9. The predicted molar refractivity (Wildman–Crippen MR) is 73.7 cm³/mol. The van der Waals surface area contributed by atoms with Crippen LogP contribution in [0.15, 0.2) is 18.2 Å². The summed E-state index contributed by atoms with van der Waals surface area (Å²) in [7, 11) is 0. The van der Waals surface area contributed by atoms with E-state index in [0.717, 1.165) is 23.5 Å². The summed E-state index contributed by atoms with van der Waals surface area (Å²) in [4.78, 5) is 0. The number of para-hydroxylation sites is 1. The molecule has 21 heavy (non-hydrogen) atoms. The second kappa shape index (κ2) is 7.54. The summed E-state index contributed by atoms with van der Waals surface area (Å²) < 4.78 is 47.3. The lowest BCUT2D eigenvalue weighted by molar-refractivity contribution is -0.135. The number of rotatable bonds is 6. The van der Waals surface area contributed by atoms with Crippen molar-refractivity contribution in [1.82, 2.24) is 5.32 Å². The number of hydrogen-bond donors (Lipinski definition) is 1. The first-order valence-electron chi connectivity index (χ1n) is 7.21. The number of ether oxygens (including phenoxy) is 2. The fourth-order valence-electron chi connectivity index (χ4n) is 2.19. The van der Waals surface area contributed by atoms with Crippen LogP contribution in [-0.2, 0) is 6.54 Å². The number of benzene rings is 1. The van der Waals surface area contributed by atoms with E-state index in [1.807, 2.05) is 18.2 Å². The highest BCUT2D eigenvalue weighted by atomic mass is 19.4. The van der Waals surface area contributed by atoms with Crippen molar-refractivity contribution in [2.75, 3.05) is 19.8 Å². The Balaban J connectivity index is 1.76. The zero-order valence-electron chi connectivity index (χ0n) is 11.8. The van der Waals surface area contributed by atoms with Crippen molar-refractivity contribution in [3.8, 4) is 11.5 Å². The zero-order valence-corrected chi connectivity index (χ0v) is 11.8. The third kappa shape index (κ3) is 5.46. The Morgan fingerprint density at radius 2 is 1.90 bits per heavy atom. The molecule has 0 saturated heterocycles. The van der Waals surface area contributed by atoms with Crippen LogP contribution in [0.2, 0.25) is 0 Å². The third-order valence-electron chi connectivity index (χ3n) is 3.23. The lowest BCUT2D eigenvalue weighted by Gasteiger charge is -2.13. The number of unbranched alkanes of at least 4 members (excludes halogenated alkanes) is 1. The van der Waals surface area contributed by atoms with Crippen molar-refractivity contribution < 1.29 is 22.6 Å². The Morgan fingerprint density at radius 3 is 2.71 bits per heavy atom. The fraction of sp³-hybridized carbons (Fsp3) is 0.600. The Hall–Kier alpha value is -1.43. The lowest BCUT2D eigenvalue weighted by atomic mass is 10.1. The van der Waals surface area contributed by atoms with E-state index in [9.17, 15) is 13.2 Å². The molecule has 1 aromatic carbocycles. The van der Waals surface area contributed by atoms with E-state index < -0.39 is 12.6 Å². The summed E-state index contributed by atoms with van der Waals surface area (Å²) >= 11 is 0. The largest absolute Gasteiger partial charge is 0.490 e. The Bertz CT molecular complexity index is 449. The molecule has 0 fully saturated rings. The van der Waals surface area contributed by atoms with Crippen LogP contribution in [0.1, 0.15) is 31.2 Å². The van der Waals surface area contributed by atoms with E-state index in [1.54, 1.807) is 0 Å². The summed E-state index contributed by atoms with van der Waals surface area (Å²) in [5.41, 5.74) is 0.977. The van der Waals surface area contributed by atoms with Gasteiger partial charge in [-0.2, -0.15) is 13.2 Å². The highest BCUT2D eigenvalue weighted by Gasteiger charge is 2.25. The molecule has 3 nitrogen and oxygen atoms in total. The predicted octanol–water partition coefficient (Wildman–Crippen LogP) is 3.67. The lowest BCUT2D eigenvalue weighted by Crippen LogP contribution is -2.16. The Kier molecular flexibility index (Phi) is 5.73. The molecular weight excluding hydrogens is 283 g/mol. The van der Waals surface area contributed by atoms with Crippen LogP contribution in [0.4, 0.5) is 13.2 Å². The van der Waals surface area contributed by atoms with Gasteiger partial charge < -0.3 is 14.8 Å². The highest BCUT2D eigenvalue weighted by molar-refractivity contribution is 5.46. The average Bonchev–Trinajstić information content (AvgIpc) is 2.67. The minimum Gasteiger partial charge on any atom is -0.490 e. The van der Waals surface area contributed by atoms with Gasteiger partial charge in [-0.1, -0.05) is 12.1 Å². The molecule has 1 heterocycles. The van der Waals surface area contributed by atoms with Gasteiger partial charge in [0.1, 0.15) is 0 Å². The topological polar surface area (TPSA) is 30.5 Å². The van der Waals surface area contributed by atoms with E-state index in [0.29, 0.717) is 32.7 Å². The van der Waals surface area contributed by atoms with Crippen molar-refractivity contribution in [3.05, 3.63) is 23.8 Å². The number of fused-ring (bicyclic) bond motifs is 1. The zero-order chi connectivity index (χ0) is 15.1. The maximum atomic E-state index is 12.0. The van der Waals surface area contributed by atoms with Gasteiger partial charge in [0.15, 0.2) is 11.5 Å². The van der Waals surface area contributed by atoms with Crippen LogP contribution in [0, 0.1) is 0 Å². The van der Waals surface area contributed by atoms with E-state index in [4.69, 9.17) is 9.47 Å². The molecule has 0 aliphatic carbocycles. The molecule has 0 atom stereocenters. The summed E-state index contributed by atoms with van der Waals surface area (Å²) in [6.45, 7) is 2.38. The molecule has 118 valence electrons. The van der Waals surface area contributed by atoms with Crippen LogP contribution >= 0.6 is 0 Å². The monoisotopic (exact) mass is 303 g/mol. The third-order valence-corrected chi connectivity index (χ3v) is 3.23. The van der Waals surface area contributed by atoms with Gasteiger partial charge >= 0.3 is 6.18 Å². The minimum absolute atomic E-state index is 0.156. The molecule has 1 aliphatic heterocycles. The summed E-state index contributed by atoms with van der Waals surface area (Å²) in [5.74, 6) is 1.49. The standard InChI is InChI=1S/C15H20F3NO2/c16-15(17,18)7-1-2-8-19-11-12-5-3-6-13-14(12)21-10-4-9-20-13/h3,5-6,19H,1-2,4,7-11H2. The minimum atomic E-state index is -4.05. The number of alkyl halides is 3. The van der Waals surface area contributed by atoms with Crippen molar-refractivity contribution in [1.29, 1.82) is 0 Å². The van der Waals surface area contributed by atoms with Crippen molar-refractivity contribution in [3.63, 3.8) is 0 Å². The number of hydrogen-bond acceptors (Lipinski definition) is 3. The highest BCUT2D eigenvalue weighted by Crippen LogP contribution is 2.33. The Labute approximate surface area is 122 Å². The SMILES string of the molecule is FC(F)(F)CCCCNCc1cccc2c1OCCCO2. The molecule has 0 unspecified atom stereocenters. The first-order chi connectivity index (χ1) is 10.1. The smallest absolute Gasteiger partial charge is 0.389 e. The maximum Gasteiger partial charge on any atom is 0.389 e. The molecule has 1 aliphatic rings. The van der Waals surface area contributed by atoms with Crippen molar-refractivity contribution >= 4 is 0 Å². The number of halogens is 3. The van der Waals surface area contributed by atoms with E-state index in [1.165, 1.54) is 0 Å². The molecule has 0 aromatic heterocycles. The molecule has 1 aromatic rings. The van der Waals surface area contributed by atoms with Gasteiger partial charge in [-0.15, -0.1) is 0 Å². The molecule has 6 heteroatoms. The molecule has 0 radical (unpaired) electrons. The van der Waals surface area contributed by atoms with Gasteiger partial charge in [-0.3, -0.25) is 0 Å². The van der Waals surface area contributed by atoms with Gasteiger partial charge in [0.05, 0.1) is 13.2 Å². The molecule has 0 spiro atoms. The van der Waals surface area contributed by atoms with Crippen LogP contribution in [0.25, 0.3) is 0 Å². The van der Waals surface area contributed by atoms with Gasteiger partial charge in [-0.05, 0) is 25.5 Å². The van der Waals surface area contributed by atoms with E-state index in [2.05, 4.69) is 5.32 Å². The molecule has 0 saturated carbocycles. The normalized spacial score (nSPS) is 14.8. The van der Waals surface area contributed by atoms with Crippen LogP contribution in [0.5, 0.6) is 11.5 Å². The second-order valence-corrected chi connectivity index (χ2v) is 5.04. The van der Waals surface area contributed by atoms with Crippen molar-refractivity contribution in [2.24, 2.45) is 0 Å². The van der Waals surface area contributed by atoms with Crippen LogP contribution < -0.4 is 14.8 Å². The molecular formula is C15H20F3NO2. The molecule has 2 rings (SSSR count). The van der Waals surface area contributed by atoms with Crippen LogP contribution in [0.3, 0.4) is 0 Å². The second-order valence-electron chi connectivity index (χ2n) is 5.04. The Morgan fingerprint density at radius 1 is 1.10 bits per heavy atom. The van der Waals surface area contributed by atoms with E-state index in [-0.39, 0.29) is 6.42 Å². The maximum absolute atomic E-state index is 12.0. The van der Waals surface area contributed by atoms with Crippen molar-refractivity contribution in [2.45, 2.75) is 38.4 Å². The van der Waals surface area contributed by atoms with E-state index >= 15 is 0 Å². The molecule has 0 amide bonds. The van der Waals surface area contributed by atoms with Crippen LogP contribution in [-0.4, -0.2) is 25.9 Å². The van der Waals surface area contributed by atoms with Gasteiger partial charge in [-0.25, -0.2) is 0 Å². The van der Waals surface area contributed by atoms with Gasteiger partial charge in [0.25, 0.3) is 0 Å². The summed E-state index contributed by atoms with van der Waals surface area (Å²) in [6, 6.07) is 5.71. The fourth-order valence-corrected chi connectivity index (χ4v) is 2.19.